The van der Waals surface area contributed by atoms with Gasteiger partial charge in [0.25, 0.3) is 0 Å². The van der Waals surface area contributed by atoms with Crippen LogP contribution in [0.1, 0.15) is 84.9 Å². The molecule has 6 aliphatic heterocycles. The Morgan fingerprint density at radius 1 is 0.566 bits per heavy atom. The number of phenolic OH excluding ortho intramolecular Hbond substituents is 2. The number of hydrogen-bond donors (Lipinski definition) is 3. The van der Waals surface area contributed by atoms with Gasteiger partial charge in [-0.1, -0.05) is 18.2 Å². The summed E-state index contributed by atoms with van der Waals surface area (Å²) in [7, 11) is 10.0. The summed E-state index contributed by atoms with van der Waals surface area (Å²) in [5, 5.41) is 31.2. The molecule has 0 fully saturated rings. The van der Waals surface area contributed by atoms with E-state index in [0.29, 0.717) is 18.2 Å². The van der Waals surface area contributed by atoms with Crippen molar-refractivity contribution in [3.8, 4) is 46.0 Å². The molecule has 18 heteroatoms. The molecule has 3 unspecified atom stereocenters. The lowest BCUT2D eigenvalue weighted by atomic mass is 9.83. The number of nitrogens with zero attached hydrogens (tertiary/aromatic N) is 5. The fourth-order valence-corrected chi connectivity index (χ4v) is 12.6. The number of methoxy groups -OCH3 is 6. The average Bonchev–Trinajstić information content (AvgIpc) is 3.90. The molecule has 0 spiro atoms. The number of oxazole rings is 1. The van der Waals surface area contributed by atoms with E-state index in [1.165, 1.54) is 62.5 Å². The lowest BCUT2D eigenvalue weighted by molar-refractivity contribution is -0.386. The quantitative estimate of drug-likeness (QED) is 0.0589. The van der Waals surface area contributed by atoms with Gasteiger partial charge in [-0.05, 0) is 137 Å². The third-order valence-corrected chi connectivity index (χ3v) is 16.3. The van der Waals surface area contributed by atoms with Crippen molar-refractivity contribution in [2.75, 3.05) is 68.0 Å². The molecular formula is C58H63ClN6O11. The minimum atomic E-state index is -0.532. The van der Waals surface area contributed by atoms with Crippen molar-refractivity contribution in [3.63, 3.8) is 0 Å². The van der Waals surface area contributed by atoms with E-state index in [4.69, 9.17) is 38.6 Å². The number of benzene rings is 6. The number of halogens is 1. The van der Waals surface area contributed by atoms with Crippen LogP contribution in [0.25, 0.3) is 11.1 Å². The Labute approximate surface area is 447 Å². The molecule has 7 aromatic rings. The van der Waals surface area contributed by atoms with Gasteiger partial charge in [-0.15, -0.1) is 12.4 Å². The molecule has 1 aromatic heterocycles. The summed E-state index contributed by atoms with van der Waals surface area (Å²) in [5.74, 6) is 4.67. The highest BCUT2D eigenvalue weighted by Crippen LogP contribution is 2.48. The summed E-state index contributed by atoms with van der Waals surface area (Å²) in [6, 6.07) is 24.2. The van der Waals surface area contributed by atoms with E-state index >= 15 is 0 Å². The first-order valence-electron chi connectivity index (χ1n) is 25.3. The van der Waals surface area contributed by atoms with Gasteiger partial charge in [-0.2, -0.15) is 0 Å². The average molecular weight is 1060 g/mol. The molecule has 0 saturated carbocycles. The molecule has 398 valence electrons. The van der Waals surface area contributed by atoms with E-state index < -0.39 is 4.92 Å². The summed E-state index contributed by atoms with van der Waals surface area (Å²) in [4.78, 5) is 22.2. The zero-order valence-corrected chi connectivity index (χ0v) is 44.3. The van der Waals surface area contributed by atoms with Crippen LogP contribution in [-0.2, 0) is 58.2 Å². The topological polar surface area (TPSA) is 201 Å². The Morgan fingerprint density at radius 2 is 0.974 bits per heavy atom. The number of ether oxygens (including phenoxy) is 6. The minimum Gasteiger partial charge on any atom is -0.506 e. The molecule has 7 heterocycles. The number of fused-ring (bicyclic) bond motifs is 13. The molecule has 3 atom stereocenters. The number of aromatic nitrogens is 1. The van der Waals surface area contributed by atoms with Crippen molar-refractivity contribution in [2.45, 2.75) is 76.3 Å². The van der Waals surface area contributed by atoms with E-state index in [9.17, 15) is 20.3 Å². The number of anilines is 1. The highest BCUT2D eigenvalue weighted by atomic mass is 35.5. The molecule has 13 rings (SSSR count). The predicted molar refractivity (Wildman–Crippen MR) is 289 cm³/mol. The van der Waals surface area contributed by atoms with E-state index in [2.05, 4.69) is 43.9 Å². The predicted octanol–water partition coefficient (Wildman–Crippen LogP) is 9.54. The van der Waals surface area contributed by atoms with Crippen LogP contribution in [0.15, 0.2) is 83.6 Å². The number of nitrogen functional groups attached to an aromatic ring is 1. The van der Waals surface area contributed by atoms with E-state index in [1.54, 1.807) is 48.7 Å². The van der Waals surface area contributed by atoms with Crippen LogP contribution in [0.3, 0.4) is 0 Å². The minimum absolute atomic E-state index is 0. The lowest BCUT2D eigenvalue weighted by Crippen LogP contribution is -2.39. The molecule has 0 aliphatic carbocycles. The third kappa shape index (κ3) is 9.18. The smallest absolute Gasteiger partial charge is 0.310 e. The van der Waals surface area contributed by atoms with Crippen LogP contribution in [0.5, 0.6) is 46.0 Å². The number of nitro benzene ring substituents is 1. The second kappa shape index (κ2) is 21.3. The van der Waals surface area contributed by atoms with Crippen molar-refractivity contribution >= 4 is 34.9 Å². The van der Waals surface area contributed by atoms with Crippen LogP contribution >= 0.6 is 12.4 Å². The van der Waals surface area contributed by atoms with Gasteiger partial charge >= 0.3 is 5.69 Å². The third-order valence-electron chi connectivity index (χ3n) is 16.3. The molecule has 0 amide bonds. The standard InChI is InChI=1S/C20H20N2O3.C19H20N2O5.C19H22N2O3.ClH/c1-23-18-4-3-12-8-17-14-9-19-16(21-11-25-19)7-13(14)5-6-22(17)10-15(12)20(18)24-2;1-25-18-4-3-11-7-15-13-9-17(22)16(21(23)24)8-12(13)5-6-20(15)10-14(11)19(18)26-2;1-23-18-4-3-11-8-16-13-9-17(22)15(20)7-12(13)5-6-21(16)10-14(11)19(18)24-2;/h3-4,7,9,11,17H,5-6,8,10H2,1-2H3;3-4,8-9,15,22H,5-7,10H2,1-2H3;3-4,7,9,16,22H,5-6,8,10,20H2,1-2H3;1H. The van der Waals surface area contributed by atoms with Crippen molar-refractivity contribution < 1.29 is 48.0 Å². The van der Waals surface area contributed by atoms with Crippen LogP contribution in [0, 0.1) is 10.1 Å². The Kier molecular flexibility index (Phi) is 14.6. The van der Waals surface area contributed by atoms with Gasteiger partial charge in [0, 0.05) is 80.2 Å². The highest BCUT2D eigenvalue weighted by molar-refractivity contribution is 5.85. The van der Waals surface area contributed by atoms with Crippen LogP contribution < -0.4 is 34.2 Å². The highest BCUT2D eigenvalue weighted by Gasteiger charge is 2.38. The van der Waals surface area contributed by atoms with Gasteiger partial charge in [0.2, 0.25) is 0 Å². The fourth-order valence-electron chi connectivity index (χ4n) is 12.6. The summed E-state index contributed by atoms with van der Waals surface area (Å²) in [6.07, 6.45) is 6.86. The molecule has 17 nitrogen and oxygen atoms in total. The number of nitro groups is 1. The molecule has 0 saturated heterocycles. The monoisotopic (exact) mass is 1050 g/mol. The normalized spacial score (nSPS) is 18.7. The van der Waals surface area contributed by atoms with Gasteiger partial charge in [-0.3, -0.25) is 24.8 Å². The SMILES string of the molecule is COc1ccc2c(c1OC)CN1CCc3cc(N)c(O)cc3C1C2.COc1ccc2c(c1OC)CN1CCc3cc([N+](=O)[O-])c(O)cc3C1C2.COc1ccc2c(c1OC)CN1CCc3cc4ncoc4cc3C1C2.Cl. The van der Waals surface area contributed by atoms with E-state index in [0.717, 1.165) is 134 Å². The summed E-state index contributed by atoms with van der Waals surface area (Å²) >= 11 is 0. The summed E-state index contributed by atoms with van der Waals surface area (Å²) < 4.78 is 38.7. The first kappa shape index (κ1) is 52.0. The maximum atomic E-state index is 11.1. The van der Waals surface area contributed by atoms with Crippen LogP contribution in [-0.4, -0.2) is 97.1 Å². The van der Waals surface area contributed by atoms with Gasteiger partial charge in [0.15, 0.2) is 52.2 Å². The molecule has 0 radical (unpaired) electrons. The summed E-state index contributed by atoms with van der Waals surface area (Å²) in [5.41, 5.74) is 22.4. The van der Waals surface area contributed by atoms with E-state index in [1.807, 2.05) is 36.4 Å². The largest absolute Gasteiger partial charge is 0.506 e. The number of phenols is 2. The maximum Gasteiger partial charge on any atom is 0.310 e. The molecule has 4 N–H and O–H groups in total. The Balaban J connectivity index is 0.000000129. The number of hydrogen-bond acceptors (Lipinski definition) is 16. The summed E-state index contributed by atoms with van der Waals surface area (Å²) in [6.45, 7) is 5.25. The fraction of sp³-hybridized carbons (Fsp3) is 0.362. The Bertz CT molecular complexity index is 3370. The Morgan fingerprint density at radius 3 is 1.39 bits per heavy atom. The van der Waals surface area contributed by atoms with Crippen molar-refractivity contribution in [2.24, 2.45) is 0 Å². The van der Waals surface area contributed by atoms with Crippen molar-refractivity contribution in [1.29, 1.82) is 0 Å². The molecular weight excluding hydrogens is 992 g/mol. The van der Waals surface area contributed by atoms with E-state index in [-0.39, 0.29) is 41.7 Å². The Hall–Kier alpha value is -7.44. The van der Waals surface area contributed by atoms with Gasteiger partial charge < -0.3 is 48.8 Å². The van der Waals surface area contributed by atoms with Crippen molar-refractivity contribution in [3.05, 3.63) is 156 Å². The number of rotatable bonds is 7. The molecule has 0 bridgehead atoms. The zero-order valence-electron chi connectivity index (χ0n) is 43.5. The molecule has 76 heavy (non-hydrogen) atoms. The second-order valence-corrected chi connectivity index (χ2v) is 19.9. The zero-order chi connectivity index (χ0) is 52.2. The maximum absolute atomic E-state index is 11.1. The van der Waals surface area contributed by atoms with Crippen LogP contribution in [0.2, 0.25) is 0 Å². The number of aromatic hydroxyl groups is 2. The first-order valence-corrected chi connectivity index (χ1v) is 25.3. The second-order valence-electron chi connectivity index (χ2n) is 19.9. The van der Waals surface area contributed by atoms with Gasteiger partial charge in [0.05, 0.1) is 53.3 Å². The molecule has 6 aliphatic rings. The first-order chi connectivity index (χ1) is 36.4. The van der Waals surface area contributed by atoms with Gasteiger partial charge in [-0.25, -0.2) is 4.98 Å². The molecule has 6 aromatic carbocycles. The van der Waals surface area contributed by atoms with Crippen molar-refractivity contribution in [1.82, 2.24) is 19.7 Å². The van der Waals surface area contributed by atoms with Crippen LogP contribution in [0.4, 0.5) is 11.4 Å². The van der Waals surface area contributed by atoms with Gasteiger partial charge in [0.1, 0.15) is 11.3 Å². The lowest BCUT2D eigenvalue weighted by Gasteiger charge is -2.42. The number of nitrogens with two attached hydrogens (primary N) is 1.